The quantitative estimate of drug-likeness (QED) is 0.717. The number of aliphatic hydroxyl groups is 1. The van der Waals surface area contributed by atoms with Crippen molar-refractivity contribution in [1.29, 1.82) is 0 Å². The van der Waals surface area contributed by atoms with Crippen molar-refractivity contribution in [2.24, 2.45) is 0 Å². The van der Waals surface area contributed by atoms with Crippen LogP contribution in [0.25, 0.3) is 10.8 Å². The fourth-order valence-corrected chi connectivity index (χ4v) is 1.48. The molecule has 66 valence electrons. The summed E-state index contributed by atoms with van der Waals surface area (Å²) in [6.45, 7) is 1.73. The minimum Gasteiger partial charge on any atom is -0.387 e. The summed E-state index contributed by atoms with van der Waals surface area (Å²) in [6, 6.07) is 9.87. The predicted molar refractivity (Wildman–Crippen MR) is 52.4 cm³/mol. The van der Waals surface area contributed by atoms with Gasteiger partial charge < -0.3 is 5.11 Å². The van der Waals surface area contributed by atoms with Crippen molar-refractivity contribution in [3.8, 4) is 0 Å². The second kappa shape index (κ2) is 3.15. The first-order chi connectivity index (χ1) is 6.29. The highest BCUT2D eigenvalue weighted by atomic mass is 16.3. The molecule has 1 N–H and O–H groups in total. The Morgan fingerprint density at radius 3 is 2.77 bits per heavy atom. The molecule has 2 rings (SSSR count). The monoisotopic (exact) mass is 173 g/mol. The van der Waals surface area contributed by atoms with Crippen molar-refractivity contribution < 1.29 is 5.11 Å². The Kier molecular flexibility index (Phi) is 1.99. The number of hydrogen-bond acceptors (Lipinski definition) is 2. The summed E-state index contributed by atoms with van der Waals surface area (Å²) in [6.07, 6.45) is 1.22. The molecule has 0 saturated carbocycles. The van der Waals surface area contributed by atoms with Gasteiger partial charge in [-0.05, 0) is 18.4 Å². The number of nitrogens with zero attached hydrogens (tertiary/aromatic N) is 1. The molecule has 2 aromatic rings. The van der Waals surface area contributed by atoms with E-state index in [2.05, 4.69) is 4.98 Å². The molecule has 0 saturated heterocycles. The molecule has 0 bridgehead atoms. The summed E-state index contributed by atoms with van der Waals surface area (Å²) in [5.41, 5.74) is 0.748. The lowest BCUT2D eigenvalue weighted by Gasteiger charge is -2.06. The minimum absolute atomic E-state index is 0.508. The molecule has 0 fully saturated rings. The van der Waals surface area contributed by atoms with E-state index >= 15 is 0 Å². The molecule has 1 heterocycles. The van der Waals surface area contributed by atoms with Crippen LogP contribution in [0.5, 0.6) is 0 Å². The number of aliphatic hydroxyl groups excluding tert-OH is 1. The minimum atomic E-state index is -0.508. The van der Waals surface area contributed by atoms with Crippen LogP contribution in [0.1, 0.15) is 18.7 Å². The SMILES string of the molecule is C[C@H](O)c1nccc2ccccc12. The van der Waals surface area contributed by atoms with Gasteiger partial charge in [0, 0.05) is 11.6 Å². The summed E-state index contributed by atoms with van der Waals surface area (Å²) in [4.78, 5) is 4.16. The third-order valence-corrected chi connectivity index (χ3v) is 2.10. The van der Waals surface area contributed by atoms with Crippen LogP contribution in [0.3, 0.4) is 0 Å². The van der Waals surface area contributed by atoms with Crippen molar-refractivity contribution >= 4 is 10.8 Å². The summed E-state index contributed by atoms with van der Waals surface area (Å²) < 4.78 is 0. The molecule has 0 aliphatic heterocycles. The number of benzene rings is 1. The van der Waals surface area contributed by atoms with E-state index in [-0.39, 0.29) is 0 Å². The Labute approximate surface area is 76.9 Å². The van der Waals surface area contributed by atoms with Crippen molar-refractivity contribution in [3.05, 3.63) is 42.2 Å². The Morgan fingerprint density at radius 1 is 1.23 bits per heavy atom. The molecule has 13 heavy (non-hydrogen) atoms. The highest BCUT2D eigenvalue weighted by Crippen LogP contribution is 2.20. The summed E-state index contributed by atoms with van der Waals surface area (Å²) in [5, 5.41) is 11.6. The first-order valence-corrected chi connectivity index (χ1v) is 4.31. The number of hydrogen-bond donors (Lipinski definition) is 1. The fraction of sp³-hybridized carbons (Fsp3) is 0.182. The normalized spacial score (nSPS) is 13.1. The van der Waals surface area contributed by atoms with E-state index in [0.717, 1.165) is 16.5 Å². The van der Waals surface area contributed by atoms with Crippen LogP contribution in [0, 0.1) is 0 Å². The van der Waals surface area contributed by atoms with Gasteiger partial charge in [0.1, 0.15) is 0 Å². The first kappa shape index (κ1) is 8.20. The van der Waals surface area contributed by atoms with Crippen molar-refractivity contribution in [3.63, 3.8) is 0 Å². The molecule has 2 heteroatoms. The standard InChI is InChI=1S/C11H11NO/c1-8(13)11-10-5-3-2-4-9(10)6-7-12-11/h2-8,13H,1H3/t8-/m0/s1. The van der Waals surface area contributed by atoms with E-state index in [0.29, 0.717) is 0 Å². The van der Waals surface area contributed by atoms with E-state index in [1.54, 1.807) is 13.1 Å². The fourth-order valence-electron chi connectivity index (χ4n) is 1.48. The van der Waals surface area contributed by atoms with Gasteiger partial charge in [0.05, 0.1) is 11.8 Å². The van der Waals surface area contributed by atoms with E-state index < -0.39 is 6.10 Å². The van der Waals surface area contributed by atoms with Gasteiger partial charge in [-0.3, -0.25) is 4.98 Å². The Morgan fingerprint density at radius 2 is 2.00 bits per heavy atom. The van der Waals surface area contributed by atoms with Crippen molar-refractivity contribution in [1.82, 2.24) is 4.98 Å². The van der Waals surface area contributed by atoms with E-state index in [9.17, 15) is 5.11 Å². The lowest BCUT2D eigenvalue weighted by atomic mass is 10.1. The molecule has 0 aliphatic rings. The second-order valence-corrected chi connectivity index (χ2v) is 3.09. The number of fused-ring (bicyclic) bond motifs is 1. The van der Waals surface area contributed by atoms with Gasteiger partial charge >= 0.3 is 0 Å². The molecular weight excluding hydrogens is 162 g/mol. The van der Waals surface area contributed by atoms with Gasteiger partial charge in [0.25, 0.3) is 0 Å². The average Bonchev–Trinajstić information content (AvgIpc) is 2.17. The average molecular weight is 173 g/mol. The maximum Gasteiger partial charge on any atom is 0.0938 e. The molecule has 1 aromatic heterocycles. The van der Waals surface area contributed by atoms with Crippen LogP contribution >= 0.6 is 0 Å². The van der Waals surface area contributed by atoms with Crippen LogP contribution in [0.15, 0.2) is 36.5 Å². The highest BCUT2D eigenvalue weighted by molar-refractivity contribution is 5.84. The third kappa shape index (κ3) is 1.40. The number of aromatic nitrogens is 1. The molecule has 1 atom stereocenters. The molecule has 2 nitrogen and oxygen atoms in total. The molecular formula is C11H11NO. The largest absolute Gasteiger partial charge is 0.387 e. The summed E-state index contributed by atoms with van der Waals surface area (Å²) in [5.74, 6) is 0. The zero-order valence-electron chi connectivity index (χ0n) is 7.44. The van der Waals surface area contributed by atoms with Crippen LogP contribution < -0.4 is 0 Å². The lowest BCUT2D eigenvalue weighted by Crippen LogP contribution is -1.95. The first-order valence-electron chi connectivity index (χ1n) is 4.31. The third-order valence-electron chi connectivity index (χ3n) is 2.10. The smallest absolute Gasteiger partial charge is 0.0938 e. The Balaban J connectivity index is 2.76. The van der Waals surface area contributed by atoms with Gasteiger partial charge in [0.15, 0.2) is 0 Å². The van der Waals surface area contributed by atoms with E-state index in [4.69, 9.17) is 0 Å². The molecule has 0 unspecified atom stereocenters. The van der Waals surface area contributed by atoms with Crippen LogP contribution in [-0.2, 0) is 0 Å². The van der Waals surface area contributed by atoms with Gasteiger partial charge in [-0.2, -0.15) is 0 Å². The van der Waals surface area contributed by atoms with Crippen LogP contribution in [0.4, 0.5) is 0 Å². The van der Waals surface area contributed by atoms with Gasteiger partial charge in [-0.1, -0.05) is 24.3 Å². The van der Waals surface area contributed by atoms with Crippen molar-refractivity contribution in [2.75, 3.05) is 0 Å². The predicted octanol–water partition coefficient (Wildman–Crippen LogP) is 2.29. The Bertz CT molecular complexity index is 418. The topological polar surface area (TPSA) is 33.1 Å². The molecule has 0 amide bonds. The number of pyridine rings is 1. The molecule has 0 radical (unpaired) electrons. The zero-order valence-corrected chi connectivity index (χ0v) is 7.44. The van der Waals surface area contributed by atoms with Crippen LogP contribution in [0.2, 0.25) is 0 Å². The maximum atomic E-state index is 9.46. The highest BCUT2D eigenvalue weighted by Gasteiger charge is 2.05. The molecule has 0 spiro atoms. The maximum absolute atomic E-state index is 9.46. The Hall–Kier alpha value is -1.41. The second-order valence-electron chi connectivity index (χ2n) is 3.09. The van der Waals surface area contributed by atoms with E-state index in [1.807, 2.05) is 30.3 Å². The van der Waals surface area contributed by atoms with Gasteiger partial charge in [-0.15, -0.1) is 0 Å². The summed E-state index contributed by atoms with van der Waals surface area (Å²) >= 11 is 0. The summed E-state index contributed by atoms with van der Waals surface area (Å²) in [7, 11) is 0. The van der Waals surface area contributed by atoms with Gasteiger partial charge in [-0.25, -0.2) is 0 Å². The number of rotatable bonds is 1. The van der Waals surface area contributed by atoms with Gasteiger partial charge in [0.2, 0.25) is 0 Å². The molecule has 1 aromatic carbocycles. The van der Waals surface area contributed by atoms with E-state index in [1.165, 1.54) is 0 Å². The van der Waals surface area contributed by atoms with Crippen molar-refractivity contribution in [2.45, 2.75) is 13.0 Å². The molecule has 0 aliphatic carbocycles. The zero-order chi connectivity index (χ0) is 9.26. The van der Waals surface area contributed by atoms with Crippen LogP contribution in [-0.4, -0.2) is 10.1 Å². The lowest BCUT2D eigenvalue weighted by molar-refractivity contribution is 0.196.